The van der Waals surface area contributed by atoms with E-state index in [1.54, 1.807) is 7.11 Å². The normalized spacial score (nSPS) is 13.5. The third-order valence-electron chi connectivity index (χ3n) is 2.98. The van der Waals surface area contributed by atoms with Gasteiger partial charge in [0.15, 0.2) is 0 Å². The van der Waals surface area contributed by atoms with Crippen LogP contribution in [0.2, 0.25) is 0 Å². The first-order valence-electron chi connectivity index (χ1n) is 5.95. The fourth-order valence-corrected chi connectivity index (χ4v) is 1.44. The predicted molar refractivity (Wildman–Crippen MR) is 68.3 cm³/mol. The maximum atomic E-state index is 10.1. The zero-order chi connectivity index (χ0) is 12.9. The molecule has 1 atom stereocenters. The van der Waals surface area contributed by atoms with Crippen molar-refractivity contribution in [3.8, 4) is 5.75 Å². The van der Waals surface area contributed by atoms with Crippen molar-refractivity contribution in [2.75, 3.05) is 13.7 Å². The molecule has 0 aliphatic heterocycles. The molecule has 0 saturated carbocycles. The van der Waals surface area contributed by atoms with Crippen molar-refractivity contribution in [3.05, 3.63) is 29.8 Å². The lowest BCUT2D eigenvalue weighted by molar-refractivity contribution is -0.0622. The Morgan fingerprint density at radius 1 is 1.29 bits per heavy atom. The molecule has 0 bridgehead atoms. The molecule has 0 fully saturated rings. The first kappa shape index (κ1) is 14.0. The van der Waals surface area contributed by atoms with Crippen molar-refractivity contribution < 1.29 is 14.6 Å². The van der Waals surface area contributed by atoms with Crippen molar-refractivity contribution in [3.63, 3.8) is 0 Å². The number of aliphatic hydroxyl groups excluding tert-OH is 1. The second-order valence-electron chi connectivity index (χ2n) is 4.68. The number of benzene rings is 1. The van der Waals surface area contributed by atoms with Crippen molar-refractivity contribution >= 4 is 0 Å². The lowest BCUT2D eigenvalue weighted by Gasteiger charge is -2.25. The largest absolute Gasteiger partial charge is 0.496 e. The van der Waals surface area contributed by atoms with Crippen LogP contribution in [0.4, 0.5) is 0 Å². The highest BCUT2D eigenvalue weighted by Crippen LogP contribution is 2.26. The Bertz CT molecular complexity index is 347. The van der Waals surface area contributed by atoms with Crippen molar-refractivity contribution in [1.29, 1.82) is 0 Å². The molecule has 0 amide bonds. The molecule has 3 nitrogen and oxygen atoms in total. The molecule has 1 rings (SSSR count). The smallest absolute Gasteiger partial charge is 0.124 e. The maximum absolute atomic E-state index is 10.1. The molecule has 0 aromatic heterocycles. The highest BCUT2D eigenvalue weighted by molar-refractivity contribution is 5.34. The summed E-state index contributed by atoms with van der Waals surface area (Å²) in [7, 11) is 1.60. The summed E-state index contributed by atoms with van der Waals surface area (Å²) in [5, 5.41) is 10.1. The van der Waals surface area contributed by atoms with E-state index in [2.05, 4.69) is 6.92 Å². The van der Waals surface area contributed by atoms with E-state index in [4.69, 9.17) is 9.47 Å². The van der Waals surface area contributed by atoms with Crippen molar-refractivity contribution in [2.24, 2.45) is 0 Å². The number of methoxy groups -OCH3 is 1. The van der Waals surface area contributed by atoms with E-state index in [1.165, 1.54) is 0 Å². The van der Waals surface area contributed by atoms with Crippen LogP contribution in [0.3, 0.4) is 0 Å². The van der Waals surface area contributed by atoms with E-state index in [-0.39, 0.29) is 12.2 Å². The number of hydrogen-bond acceptors (Lipinski definition) is 3. The molecular weight excluding hydrogens is 216 g/mol. The van der Waals surface area contributed by atoms with Gasteiger partial charge in [0, 0.05) is 5.56 Å². The van der Waals surface area contributed by atoms with Gasteiger partial charge in [-0.05, 0) is 26.3 Å². The first-order valence-corrected chi connectivity index (χ1v) is 5.95. The van der Waals surface area contributed by atoms with Gasteiger partial charge in [0.1, 0.15) is 11.9 Å². The lowest BCUT2D eigenvalue weighted by atomic mass is 10.1. The topological polar surface area (TPSA) is 38.7 Å². The van der Waals surface area contributed by atoms with E-state index in [0.717, 1.165) is 12.0 Å². The van der Waals surface area contributed by atoms with E-state index < -0.39 is 6.10 Å². The summed E-state index contributed by atoms with van der Waals surface area (Å²) in [4.78, 5) is 0. The SMILES string of the molecule is CCC(C)(C)OCC(O)c1ccccc1OC. The lowest BCUT2D eigenvalue weighted by Crippen LogP contribution is -2.26. The Kier molecular flexibility index (Phi) is 4.97. The molecular formula is C14H22O3. The van der Waals surface area contributed by atoms with Crippen LogP contribution in [0.25, 0.3) is 0 Å². The average molecular weight is 238 g/mol. The number of rotatable bonds is 6. The molecule has 1 aromatic rings. The third kappa shape index (κ3) is 4.02. The minimum absolute atomic E-state index is 0.205. The van der Waals surface area contributed by atoms with Crippen molar-refractivity contribution in [2.45, 2.75) is 38.9 Å². The fraction of sp³-hybridized carbons (Fsp3) is 0.571. The summed E-state index contributed by atoms with van der Waals surface area (Å²) >= 11 is 0. The predicted octanol–water partition coefficient (Wildman–Crippen LogP) is 2.93. The van der Waals surface area contributed by atoms with E-state index >= 15 is 0 Å². The number of hydrogen-bond donors (Lipinski definition) is 1. The van der Waals surface area contributed by atoms with Crippen LogP contribution in [0.1, 0.15) is 38.9 Å². The van der Waals surface area contributed by atoms with Gasteiger partial charge in [-0.2, -0.15) is 0 Å². The van der Waals surface area contributed by atoms with Crippen LogP contribution in [0.15, 0.2) is 24.3 Å². The van der Waals surface area contributed by atoms with Gasteiger partial charge in [0.2, 0.25) is 0 Å². The molecule has 3 heteroatoms. The highest BCUT2D eigenvalue weighted by atomic mass is 16.5. The van der Waals surface area contributed by atoms with E-state index in [9.17, 15) is 5.11 Å². The first-order chi connectivity index (χ1) is 8.00. The summed E-state index contributed by atoms with van der Waals surface area (Å²) in [6.45, 7) is 6.38. The summed E-state index contributed by atoms with van der Waals surface area (Å²) < 4.78 is 10.9. The summed E-state index contributed by atoms with van der Waals surface area (Å²) in [6, 6.07) is 7.45. The maximum Gasteiger partial charge on any atom is 0.124 e. The van der Waals surface area contributed by atoms with E-state index in [1.807, 2.05) is 38.1 Å². The second-order valence-corrected chi connectivity index (χ2v) is 4.68. The average Bonchev–Trinajstić information content (AvgIpc) is 2.36. The second kappa shape index (κ2) is 6.03. The van der Waals surface area contributed by atoms with Gasteiger partial charge < -0.3 is 14.6 Å². The van der Waals surface area contributed by atoms with Gasteiger partial charge in [0.05, 0.1) is 19.3 Å². The standard InChI is InChI=1S/C14H22O3/c1-5-14(2,3)17-10-12(15)11-8-6-7-9-13(11)16-4/h6-9,12,15H,5,10H2,1-4H3. The molecule has 0 radical (unpaired) electrons. The summed E-state index contributed by atoms with van der Waals surface area (Å²) in [5.74, 6) is 0.693. The van der Waals surface area contributed by atoms with Crippen LogP contribution >= 0.6 is 0 Å². The minimum atomic E-state index is -0.656. The molecule has 1 unspecified atom stereocenters. The minimum Gasteiger partial charge on any atom is -0.496 e. The third-order valence-corrected chi connectivity index (χ3v) is 2.98. The van der Waals surface area contributed by atoms with Gasteiger partial charge in [-0.1, -0.05) is 25.1 Å². The molecule has 0 aliphatic rings. The van der Waals surface area contributed by atoms with Gasteiger partial charge in [-0.25, -0.2) is 0 Å². The van der Waals surface area contributed by atoms with Crippen LogP contribution < -0.4 is 4.74 Å². The van der Waals surface area contributed by atoms with Gasteiger partial charge in [0.25, 0.3) is 0 Å². The van der Waals surface area contributed by atoms with Crippen LogP contribution in [-0.2, 0) is 4.74 Å². The molecule has 0 heterocycles. The number of aliphatic hydroxyl groups is 1. The van der Waals surface area contributed by atoms with Crippen LogP contribution in [-0.4, -0.2) is 24.4 Å². The molecule has 0 aliphatic carbocycles. The van der Waals surface area contributed by atoms with Crippen LogP contribution in [0.5, 0.6) is 5.75 Å². The molecule has 96 valence electrons. The molecule has 0 spiro atoms. The van der Waals surface area contributed by atoms with Crippen molar-refractivity contribution in [1.82, 2.24) is 0 Å². The summed E-state index contributed by atoms with van der Waals surface area (Å²) in [6.07, 6.45) is 0.253. The molecule has 1 aromatic carbocycles. The van der Waals surface area contributed by atoms with Gasteiger partial charge in [-0.3, -0.25) is 0 Å². The van der Waals surface area contributed by atoms with E-state index in [0.29, 0.717) is 5.75 Å². The number of ether oxygens (including phenoxy) is 2. The Hall–Kier alpha value is -1.06. The Labute approximate surface area is 103 Å². The molecule has 17 heavy (non-hydrogen) atoms. The Morgan fingerprint density at radius 3 is 2.53 bits per heavy atom. The van der Waals surface area contributed by atoms with Gasteiger partial charge >= 0.3 is 0 Å². The monoisotopic (exact) mass is 238 g/mol. The fourth-order valence-electron chi connectivity index (χ4n) is 1.44. The summed E-state index contributed by atoms with van der Waals surface area (Å²) in [5.41, 5.74) is 0.560. The Balaban J connectivity index is 2.67. The Morgan fingerprint density at radius 2 is 1.94 bits per heavy atom. The number of para-hydroxylation sites is 1. The quantitative estimate of drug-likeness (QED) is 0.828. The zero-order valence-electron chi connectivity index (χ0n) is 11.1. The highest BCUT2D eigenvalue weighted by Gasteiger charge is 2.19. The van der Waals surface area contributed by atoms with Gasteiger partial charge in [-0.15, -0.1) is 0 Å². The molecule has 1 N–H and O–H groups in total. The molecule has 0 saturated heterocycles. The van der Waals surface area contributed by atoms with Crippen LogP contribution in [0, 0.1) is 0 Å². The zero-order valence-corrected chi connectivity index (χ0v) is 11.1.